The molecule has 37 heavy (non-hydrogen) atoms. The van der Waals surface area contributed by atoms with E-state index in [0.717, 1.165) is 36.3 Å². The fraction of sp³-hybridized carbons (Fsp3) is 0.481. The maximum Gasteiger partial charge on any atom is 0.573 e. The lowest BCUT2D eigenvalue weighted by molar-refractivity contribution is -0.274. The van der Waals surface area contributed by atoms with Crippen LogP contribution in [0.4, 0.5) is 13.2 Å². The van der Waals surface area contributed by atoms with Crippen molar-refractivity contribution < 1.29 is 32.2 Å². The summed E-state index contributed by atoms with van der Waals surface area (Å²) >= 11 is 0. The minimum Gasteiger partial charge on any atom is -0.497 e. The molecule has 7 nitrogen and oxygen atoms in total. The molecule has 3 rings (SSSR count). The van der Waals surface area contributed by atoms with Gasteiger partial charge in [0.15, 0.2) is 0 Å². The molecule has 0 aliphatic carbocycles. The summed E-state index contributed by atoms with van der Waals surface area (Å²) in [6.07, 6.45) is -3.38. The number of halogens is 3. The number of nitrogens with zero attached hydrogens (tertiary/aromatic N) is 1. The molecular weight excluding hydrogens is 487 g/mol. The Morgan fingerprint density at radius 2 is 1.70 bits per heavy atom. The van der Waals surface area contributed by atoms with Crippen molar-refractivity contribution in [3.05, 3.63) is 59.7 Å². The monoisotopic (exact) mass is 521 g/mol. The van der Waals surface area contributed by atoms with Gasteiger partial charge in [0.2, 0.25) is 5.91 Å². The van der Waals surface area contributed by atoms with Gasteiger partial charge >= 0.3 is 6.36 Å². The summed E-state index contributed by atoms with van der Waals surface area (Å²) in [4.78, 5) is 27.8. The summed E-state index contributed by atoms with van der Waals surface area (Å²) < 4.78 is 46.7. The molecule has 0 radical (unpaired) electrons. The van der Waals surface area contributed by atoms with Gasteiger partial charge in [-0.05, 0) is 61.6 Å². The molecule has 0 saturated carbocycles. The second kappa shape index (κ2) is 11.9. The molecule has 2 aromatic rings. The molecule has 1 unspecified atom stereocenters. The molecule has 0 aromatic heterocycles. The van der Waals surface area contributed by atoms with Crippen molar-refractivity contribution in [3.8, 4) is 11.5 Å². The molecule has 0 spiro atoms. The molecule has 10 heteroatoms. The number of amides is 2. The third-order valence-corrected chi connectivity index (χ3v) is 6.61. The highest BCUT2D eigenvalue weighted by Gasteiger charge is 2.36. The average Bonchev–Trinajstić information content (AvgIpc) is 2.85. The zero-order valence-corrected chi connectivity index (χ0v) is 21.5. The molecule has 1 atom stereocenters. The van der Waals surface area contributed by atoms with Crippen molar-refractivity contribution in [1.82, 2.24) is 15.5 Å². The van der Waals surface area contributed by atoms with Crippen molar-refractivity contribution in [3.63, 3.8) is 0 Å². The number of carbonyl (C=O) groups is 2. The number of benzene rings is 2. The highest BCUT2D eigenvalue weighted by atomic mass is 19.4. The Morgan fingerprint density at radius 3 is 2.27 bits per heavy atom. The number of hydrogen-bond donors (Lipinski definition) is 2. The normalized spacial score (nSPS) is 16.3. The van der Waals surface area contributed by atoms with Crippen LogP contribution in [-0.4, -0.2) is 54.9 Å². The van der Waals surface area contributed by atoms with Crippen LogP contribution in [-0.2, 0) is 11.3 Å². The van der Waals surface area contributed by atoms with Crippen LogP contribution in [0.3, 0.4) is 0 Å². The van der Waals surface area contributed by atoms with Crippen LogP contribution in [0.5, 0.6) is 11.5 Å². The third-order valence-electron chi connectivity index (χ3n) is 6.61. The van der Waals surface area contributed by atoms with Gasteiger partial charge in [0, 0.05) is 30.7 Å². The van der Waals surface area contributed by atoms with E-state index in [0.29, 0.717) is 19.6 Å². The van der Waals surface area contributed by atoms with Crippen LogP contribution < -0.4 is 20.1 Å². The third kappa shape index (κ3) is 8.11. The highest BCUT2D eigenvalue weighted by Crippen LogP contribution is 2.25. The number of likely N-dealkylation sites (tertiary alicyclic amines) is 1. The van der Waals surface area contributed by atoms with Crippen LogP contribution in [0.2, 0.25) is 0 Å². The van der Waals surface area contributed by atoms with Crippen molar-refractivity contribution in [1.29, 1.82) is 0 Å². The number of alkyl halides is 3. The standard InChI is InChI=1S/C27H34F3N3O4/c1-18(2)23(32-24(34)20-6-5-7-22(16-20)37-27(28,29)30)25(35)33-14-12-26(3,13-15-33)31-17-19-8-10-21(36-4)11-9-19/h5-11,16,18,23,31H,12-15,17H2,1-4H3,(H,32,34). The lowest BCUT2D eigenvalue weighted by atomic mass is 9.88. The molecule has 1 aliphatic heterocycles. The van der Waals surface area contributed by atoms with Crippen molar-refractivity contribution in [2.75, 3.05) is 20.2 Å². The Balaban J connectivity index is 1.57. The van der Waals surface area contributed by atoms with E-state index in [1.54, 1.807) is 12.0 Å². The van der Waals surface area contributed by atoms with Gasteiger partial charge < -0.3 is 25.0 Å². The maximum absolute atomic E-state index is 13.3. The van der Waals surface area contributed by atoms with E-state index < -0.39 is 24.1 Å². The zero-order valence-electron chi connectivity index (χ0n) is 21.5. The Bertz CT molecular complexity index is 1070. The average molecular weight is 522 g/mol. The first-order valence-electron chi connectivity index (χ1n) is 12.2. The van der Waals surface area contributed by atoms with Gasteiger partial charge in [0.1, 0.15) is 17.5 Å². The summed E-state index contributed by atoms with van der Waals surface area (Å²) in [5.74, 6) is -0.751. The Hall–Kier alpha value is -3.27. The highest BCUT2D eigenvalue weighted by molar-refractivity contribution is 5.98. The SMILES string of the molecule is COc1ccc(CNC2(C)CCN(C(=O)C(NC(=O)c3cccc(OC(F)(F)F)c3)C(C)C)CC2)cc1. The molecular formula is C27H34F3N3O4. The molecule has 1 fully saturated rings. The number of carbonyl (C=O) groups excluding carboxylic acids is 2. The molecule has 1 heterocycles. The van der Waals surface area contributed by atoms with E-state index in [1.165, 1.54) is 12.1 Å². The van der Waals surface area contributed by atoms with Gasteiger partial charge in [-0.25, -0.2) is 0 Å². The summed E-state index contributed by atoms with van der Waals surface area (Å²) in [6, 6.07) is 11.8. The molecule has 0 bridgehead atoms. The van der Waals surface area contributed by atoms with Crippen LogP contribution in [0, 0.1) is 5.92 Å². The Morgan fingerprint density at radius 1 is 1.05 bits per heavy atom. The molecule has 1 saturated heterocycles. The Labute approximate surface area is 215 Å². The molecule has 1 aliphatic rings. The first kappa shape index (κ1) is 28.3. The number of piperidine rings is 1. The molecule has 202 valence electrons. The fourth-order valence-corrected chi connectivity index (χ4v) is 4.23. The van der Waals surface area contributed by atoms with Gasteiger partial charge in [-0.1, -0.05) is 32.0 Å². The zero-order chi connectivity index (χ0) is 27.2. The molecule has 2 aromatic carbocycles. The topological polar surface area (TPSA) is 79.9 Å². The van der Waals surface area contributed by atoms with E-state index in [-0.39, 0.29) is 22.9 Å². The molecule has 2 amide bonds. The van der Waals surface area contributed by atoms with Crippen LogP contribution in [0.25, 0.3) is 0 Å². The Kier molecular flexibility index (Phi) is 9.07. The second-order valence-electron chi connectivity index (χ2n) is 9.86. The first-order chi connectivity index (χ1) is 17.4. The van der Waals surface area contributed by atoms with E-state index >= 15 is 0 Å². The van der Waals surface area contributed by atoms with Gasteiger partial charge in [0.05, 0.1) is 7.11 Å². The van der Waals surface area contributed by atoms with Crippen molar-refractivity contribution in [2.45, 2.75) is 58.1 Å². The minimum atomic E-state index is -4.86. The van der Waals surface area contributed by atoms with E-state index in [2.05, 4.69) is 22.3 Å². The second-order valence-corrected chi connectivity index (χ2v) is 9.86. The van der Waals surface area contributed by atoms with Crippen LogP contribution >= 0.6 is 0 Å². The predicted octanol–water partition coefficient (Wildman–Crippen LogP) is 4.52. The number of methoxy groups -OCH3 is 1. The minimum absolute atomic E-state index is 0.0193. The summed E-state index contributed by atoms with van der Waals surface area (Å²) in [5.41, 5.74) is 0.966. The van der Waals surface area contributed by atoms with Gasteiger partial charge in [-0.3, -0.25) is 9.59 Å². The largest absolute Gasteiger partial charge is 0.573 e. The number of rotatable bonds is 9. The summed E-state index contributed by atoms with van der Waals surface area (Å²) in [5, 5.41) is 6.30. The number of nitrogens with one attached hydrogen (secondary N) is 2. The summed E-state index contributed by atoms with van der Waals surface area (Å²) in [6.45, 7) is 7.51. The van der Waals surface area contributed by atoms with Gasteiger partial charge in [-0.15, -0.1) is 13.2 Å². The lowest BCUT2D eigenvalue weighted by Gasteiger charge is -2.41. The van der Waals surface area contributed by atoms with E-state index in [9.17, 15) is 22.8 Å². The number of ether oxygens (including phenoxy) is 2. The van der Waals surface area contributed by atoms with Gasteiger partial charge in [0.25, 0.3) is 5.91 Å². The van der Waals surface area contributed by atoms with Crippen LogP contribution in [0.1, 0.15) is 49.5 Å². The van der Waals surface area contributed by atoms with Crippen molar-refractivity contribution in [2.24, 2.45) is 5.92 Å². The fourth-order valence-electron chi connectivity index (χ4n) is 4.23. The van der Waals surface area contributed by atoms with E-state index in [1.807, 2.05) is 38.1 Å². The van der Waals surface area contributed by atoms with Crippen LogP contribution in [0.15, 0.2) is 48.5 Å². The maximum atomic E-state index is 13.3. The van der Waals surface area contributed by atoms with E-state index in [4.69, 9.17) is 4.74 Å². The first-order valence-corrected chi connectivity index (χ1v) is 12.2. The summed E-state index contributed by atoms with van der Waals surface area (Å²) in [7, 11) is 1.63. The van der Waals surface area contributed by atoms with Crippen molar-refractivity contribution >= 4 is 11.8 Å². The number of hydrogen-bond acceptors (Lipinski definition) is 5. The lowest BCUT2D eigenvalue weighted by Crippen LogP contribution is -2.57. The predicted molar refractivity (Wildman–Crippen MR) is 133 cm³/mol. The smallest absolute Gasteiger partial charge is 0.497 e. The molecule has 2 N–H and O–H groups in total. The van der Waals surface area contributed by atoms with Gasteiger partial charge in [-0.2, -0.15) is 0 Å². The quantitative estimate of drug-likeness (QED) is 0.507.